The van der Waals surface area contributed by atoms with Crippen LogP contribution < -0.4 is 0 Å². The van der Waals surface area contributed by atoms with Crippen LogP contribution in [-0.4, -0.2) is 69.6 Å². The zero-order valence-corrected chi connectivity index (χ0v) is 19.1. The third kappa shape index (κ3) is 5.09. The predicted octanol–water partition coefficient (Wildman–Crippen LogP) is 2.88. The number of esters is 1. The average Bonchev–Trinajstić information content (AvgIpc) is 3.27. The second-order valence-electron chi connectivity index (χ2n) is 7.94. The van der Waals surface area contributed by atoms with E-state index in [1.165, 1.54) is 0 Å². The van der Waals surface area contributed by atoms with Crippen LogP contribution in [0, 0.1) is 13.8 Å². The van der Waals surface area contributed by atoms with Crippen LogP contribution in [0.4, 0.5) is 0 Å². The van der Waals surface area contributed by atoms with Crippen molar-refractivity contribution in [1.82, 2.24) is 24.9 Å². The molecule has 2 aromatic heterocycles. The summed E-state index contributed by atoms with van der Waals surface area (Å²) in [5.41, 5.74) is 3.24. The molecule has 1 aliphatic rings. The number of amides is 1. The highest BCUT2D eigenvalue weighted by atomic mass is 16.5. The third-order valence-electron chi connectivity index (χ3n) is 5.67. The van der Waals surface area contributed by atoms with Crippen molar-refractivity contribution in [3.05, 3.63) is 64.8 Å². The van der Waals surface area contributed by atoms with Crippen molar-refractivity contribution in [2.24, 2.45) is 0 Å². The van der Waals surface area contributed by atoms with Crippen molar-refractivity contribution >= 4 is 11.9 Å². The minimum absolute atomic E-state index is 0.146. The van der Waals surface area contributed by atoms with E-state index in [0.717, 1.165) is 11.1 Å². The van der Waals surface area contributed by atoms with Crippen LogP contribution in [0.1, 0.15) is 44.9 Å². The van der Waals surface area contributed by atoms with E-state index in [1.54, 1.807) is 30.9 Å². The normalized spacial score (nSPS) is 14.3. The molecule has 1 amide bonds. The van der Waals surface area contributed by atoms with Crippen molar-refractivity contribution in [3.8, 4) is 11.4 Å². The number of aromatic nitrogens is 3. The Kier molecular flexibility index (Phi) is 6.79. The topological polar surface area (TPSA) is 102 Å². The van der Waals surface area contributed by atoms with Gasteiger partial charge in [0, 0.05) is 31.7 Å². The fourth-order valence-electron chi connectivity index (χ4n) is 3.82. The Morgan fingerprint density at radius 1 is 1.03 bits per heavy atom. The Morgan fingerprint density at radius 3 is 2.48 bits per heavy atom. The maximum Gasteiger partial charge on any atom is 0.339 e. The number of rotatable bonds is 6. The number of pyridine rings is 1. The van der Waals surface area contributed by atoms with Gasteiger partial charge in [0.2, 0.25) is 11.7 Å². The van der Waals surface area contributed by atoms with Gasteiger partial charge in [-0.2, -0.15) is 4.98 Å². The van der Waals surface area contributed by atoms with E-state index in [1.807, 2.05) is 31.2 Å². The Hall–Kier alpha value is -3.59. The van der Waals surface area contributed by atoms with Gasteiger partial charge < -0.3 is 14.2 Å². The summed E-state index contributed by atoms with van der Waals surface area (Å²) in [5.74, 6) is 0.569. The lowest BCUT2D eigenvalue weighted by Crippen LogP contribution is -2.48. The molecular weight excluding hydrogens is 422 g/mol. The molecule has 9 nitrogen and oxygen atoms in total. The van der Waals surface area contributed by atoms with Gasteiger partial charge in [0.15, 0.2) is 0 Å². The predicted molar refractivity (Wildman–Crippen MR) is 121 cm³/mol. The molecule has 4 rings (SSSR count). The minimum Gasteiger partial charge on any atom is -0.462 e. The van der Waals surface area contributed by atoms with Crippen molar-refractivity contribution in [3.63, 3.8) is 0 Å². The first-order valence-corrected chi connectivity index (χ1v) is 11.0. The molecule has 0 radical (unpaired) electrons. The van der Waals surface area contributed by atoms with Gasteiger partial charge in [0.25, 0.3) is 5.91 Å². The van der Waals surface area contributed by atoms with Gasteiger partial charge in [-0.1, -0.05) is 29.4 Å². The number of ether oxygens (including phenoxy) is 1. The second kappa shape index (κ2) is 9.91. The molecule has 0 bridgehead atoms. The number of hydrogen-bond donors (Lipinski definition) is 0. The van der Waals surface area contributed by atoms with Crippen LogP contribution in [-0.2, 0) is 11.3 Å². The molecule has 1 fully saturated rings. The highest BCUT2D eigenvalue weighted by Gasteiger charge is 2.25. The number of aryl methyl sites for hydroxylation is 2. The van der Waals surface area contributed by atoms with E-state index in [0.29, 0.717) is 68.0 Å². The van der Waals surface area contributed by atoms with Crippen LogP contribution in [0.5, 0.6) is 0 Å². The van der Waals surface area contributed by atoms with Crippen molar-refractivity contribution in [1.29, 1.82) is 0 Å². The number of carbonyl (C=O) groups is 2. The molecule has 1 saturated heterocycles. The second-order valence-corrected chi connectivity index (χ2v) is 7.94. The summed E-state index contributed by atoms with van der Waals surface area (Å²) in [5, 5.41) is 4.12. The summed E-state index contributed by atoms with van der Waals surface area (Å²) in [7, 11) is 0. The summed E-state index contributed by atoms with van der Waals surface area (Å²) in [6, 6.07) is 11.1. The molecule has 1 aromatic carbocycles. The van der Waals surface area contributed by atoms with E-state index in [2.05, 4.69) is 20.0 Å². The first-order valence-electron chi connectivity index (χ1n) is 11.0. The van der Waals surface area contributed by atoms with Gasteiger partial charge in [-0.15, -0.1) is 0 Å². The minimum atomic E-state index is -0.429. The third-order valence-corrected chi connectivity index (χ3v) is 5.67. The van der Waals surface area contributed by atoms with Gasteiger partial charge in [-0.3, -0.25) is 9.69 Å². The first kappa shape index (κ1) is 22.6. The van der Waals surface area contributed by atoms with Crippen molar-refractivity contribution in [2.45, 2.75) is 27.3 Å². The Balaban J connectivity index is 1.34. The van der Waals surface area contributed by atoms with Crippen LogP contribution >= 0.6 is 0 Å². The van der Waals surface area contributed by atoms with Gasteiger partial charge in [0.05, 0.1) is 24.4 Å². The molecule has 172 valence electrons. The fraction of sp³-hybridized carbons (Fsp3) is 0.375. The molecule has 33 heavy (non-hydrogen) atoms. The van der Waals surface area contributed by atoms with E-state index in [4.69, 9.17) is 9.26 Å². The van der Waals surface area contributed by atoms with Crippen molar-refractivity contribution in [2.75, 3.05) is 32.8 Å². The monoisotopic (exact) mass is 449 g/mol. The Labute approximate surface area is 192 Å². The van der Waals surface area contributed by atoms with Crippen LogP contribution in [0.2, 0.25) is 0 Å². The number of carbonyl (C=O) groups excluding carboxylic acids is 2. The lowest BCUT2D eigenvalue weighted by Gasteiger charge is -2.33. The molecule has 0 N–H and O–H groups in total. The SMILES string of the molecule is CCOC(=O)c1ccc(C(=O)N2CCN(Cc3nc(-c4ccccc4C)no3)CC2)nc1C. The Bertz CT molecular complexity index is 1150. The molecule has 0 spiro atoms. The van der Waals surface area contributed by atoms with Gasteiger partial charge in [-0.05, 0) is 38.5 Å². The Morgan fingerprint density at radius 2 is 1.79 bits per heavy atom. The lowest BCUT2D eigenvalue weighted by molar-refractivity contribution is 0.0522. The van der Waals surface area contributed by atoms with Crippen LogP contribution in [0.3, 0.4) is 0 Å². The van der Waals surface area contributed by atoms with E-state index < -0.39 is 5.97 Å². The van der Waals surface area contributed by atoms with Crippen molar-refractivity contribution < 1.29 is 18.8 Å². The van der Waals surface area contributed by atoms with Crippen LogP contribution in [0.15, 0.2) is 40.9 Å². The van der Waals surface area contributed by atoms with Crippen LogP contribution in [0.25, 0.3) is 11.4 Å². The first-order chi connectivity index (χ1) is 16.0. The lowest BCUT2D eigenvalue weighted by atomic mass is 10.1. The molecular formula is C24H27N5O4. The smallest absolute Gasteiger partial charge is 0.339 e. The quantitative estimate of drug-likeness (QED) is 0.530. The maximum atomic E-state index is 12.9. The number of benzene rings is 1. The highest BCUT2D eigenvalue weighted by molar-refractivity contribution is 5.95. The van der Waals surface area contributed by atoms with E-state index in [-0.39, 0.29) is 5.91 Å². The summed E-state index contributed by atoms with van der Waals surface area (Å²) < 4.78 is 10.5. The fourth-order valence-corrected chi connectivity index (χ4v) is 3.82. The average molecular weight is 450 g/mol. The molecule has 0 aliphatic carbocycles. The van der Waals surface area contributed by atoms with Gasteiger partial charge in [-0.25, -0.2) is 9.78 Å². The summed E-state index contributed by atoms with van der Waals surface area (Å²) in [6.07, 6.45) is 0. The standard InChI is InChI=1S/C24H27N5O4/c1-4-32-24(31)19-9-10-20(25-17(19)3)23(30)29-13-11-28(12-14-29)15-21-26-22(27-33-21)18-8-6-5-7-16(18)2/h5-10H,4,11-15H2,1-3H3. The zero-order valence-electron chi connectivity index (χ0n) is 19.1. The molecule has 0 unspecified atom stereocenters. The number of piperazine rings is 1. The summed E-state index contributed by atoms with van der Waals surface area (Å²) in [4.78, 5) is 37.7. The summed E-state index contributed by atoms with van der Waals surface area (Å²) in [6.45, 7) is 8.81. The van der Waals surface area contributed by atoms with E-state index in [9.17, 15) is 9.59 Å². The van der Waals surface area contributed by atoms with E-state index >= 15 is 0 Å². The van der Waals surface area contributed by atoms with Gasteiger partial charge >= 0.3 is 5.97 Å². The molecule has 3 heterocycles. The maximum absolute atomic E-state index is 12.9. The molecule has 3 aromatic rings. The number of nitrogens with zero attached hydrogens (tertiary/aromatic N) is 5. The molecule has 1 aliphatic heterocycles. The molecule has 0 saturated carbocycles. The largest absolute Gasteiger partial charge is 0.462 e. The number of hydrogen-bond acceptors (Lipinski definition) is 8. The van der Waals surface area contributed by atoms with Gasteiger partial charge in [0.1, 0.15) is 5.69 Å². The highest BCUT2D eigenvalue weighted by Crippen LogP contribution is 2.20. The zero-order chi connectivity index (χ0) is 23.4. The molecule has 9 heteroatoms. The molecule has 0 atom stereocenters. The summed E-state index contributed by atoms with van der Waals surface area (Å²) >= 11 is 0.